The second kappa shape index (κ2) is 20.9. The first-order valence-electron chi connectivity index (χ1n) is 14.7. The third kappa shape index (κ3) is 14.2. The molecule has 0 aromatic heterocycles. The van der Waals surface area contributed by atoms with E-state index in [2.05, 4.69) is 18.5 Å². The lowest BCUT2D eigenvalue weighted by atomic mass is 10.2. The smallest absolute Gasteiger partial charge is 0.412 e. The monoisotopic (exact) mass is 647 g/mol. The van der Waals surface area contributed by atoms with Crippen LogP contribution in [0.5, 0.6) is 23.0 Å². The van der Waals surface area contributed by atoms with Crippen LogP contribution in [0, 0.1) is 0 Å². The summed E-state index contributed by atoms with van der Waals surface area (Å²) in [5.74, 6) is -1.07. The Kier molecular flexibility index (Phi) is 16.6. The maximum absolute atomic E-state index is 12.5. The molecular weight excluding hydrogens is 610 g/mol. The summed E-state index contributed by atoms with van der Waals surface area (Å²) in [5.41, 5.74) is 0.518. The predicted molar refractivity (Wildman–Crippen MR) is 172 cm³/mol. The zero-order valence-corrected chi connectivity index (χ0v) is 26.2. The van der Waals surface area contributed by atoms with Crippen LogP contribution in [-0.2, 0) is 19.1 Å². The molecule has 3 aromatic rings. The largest absolute Gasteiger partial charge is 0.494 e. The normalized spacial score (nSPS) is 9.74. The van der Waals surface area contributed by atoms with Gasteiger partial charge in [-0.3, -0.25) is 0 Å². The van der Waals surface area contributed by atoms with Crippen molar-refractivity contribution in [2.45, 2.75) is 26.7 Å². The van der Waals surface area contributed by atoms with E-state index >= 15 is 0 Å². The summed E-state index contributed by atoms with van der Waals surface area (Å²) >= 11 is 0. The molecule has 0 aliphatic rings. The number of unbranched alkanes of at least 4 members (excludes halogenated alkanes) is 1. The topological polar surface area (TPSA) is 153 Å². The number of carbonyl (C=O) groups is 5. The van der Waals surface area contributed by atoms with Crippen LogP contribution in [-0.4, -0.2) is 56.3 Å². The van der Waals surface area contributed by atoms with Gasteiger partial charge in [-0.25, -0.2) is 24.0 Å². The second-order valence-electron chi connectivity index (χ2n) is 8.91. The molecule has 0 heterocycles. The second-order valence-corrected chi connectivity index (χ2v) is 8.91. The molecule has 0 radical (unpaired) electrons. The van der Waals surface area contributed by atoms with Gasteiger partial charge >= 0.3 is 30.0 Å². The molecule has 0 aliphatic carbocycles. The highest BCUT2D eigenvalue weighted by atomic mass is 16.6. The third-order valence-electron chi connectivity index (χ3n) is 5.64. The Labute approximate surface area is 272 Å². The van der Waals surface area contributed by atoms with Gasteiger partial charge in [-0.2, -0.15) is 0 Å². The molecule has 0 unspecified atom stereocenters. The van der Waals surface area contributed by atoms with Gasteiger partial charge in [0.1, 0.15) is 29.6 Å². The molecule has 0 saturated heterocycles. The Bertz CT molecular complexity index is 1480. The molecule has 1 amide bonds. The summed E-state index contributed by atoms with van der Waals surface area (Å²) in [6, 6.07) is 18.1. The Balaban J connectivity index is 0.00000376. The molecule has 12 heteroatoms. The van der Waals surface area contributed by atoms with E-state index in [1.807, 2.05) is 13.8 Å². The average molecular weight is 648 g/mol. The van der Waals surface area contributed by atoms with Crippen LogP contribution in [0.3, 0.4) is 0 Å². The van der Waals surface area contributed by atoms with Crippen LogP contribution in [0.15, 0.2) is 98.1 Å². The first-order valence-corrected chi connectivity index (χ1v) is 14.7. The highest BCUT2D eigenvalue weighted by molar-refractivity contribution is 5.92. The number of nitrogens with one attached hydrogen (secondary N) is 1. The third-order valence-corrected chi connectivity index (χ3v) is 5.64. The number of benzene rings is 3. The molecule has 0 atom stereocenters. The number of hydrogen-bond acceptors (Lipinski definition) is 11. The number of amides is 1. The van der Waals surface area contributed by atoms with Crippen LogP contribution in [0.4, 0.5) is 4.79 Å². The molecule has 248 valence electrons. The highest BCUT2D eigenvalue weighted by Crippen LogP contribution is 2.21. The van der Waals surface area contributed by atoms with Gasteiger partial charge in [-0.05, 0) is 85.6 Å². The Morgan fingerprint density at radius 2 is 0.979 bits per heavy atom. The molecule has 47 heavy (non-hydrogen) atoms. The van der Waals surface area contributed by atoms with E-state index in [9.17, 15) is 24.0 Å². The van der Waals surface area contributed by atoms with E-state index in [4.69, 9.17) is 28.4 Å². The first-order chi connectivity index (χ1) is 22.8. The first kappa shape index (κ1) is 37.3. The Morgan fingerprint density at radius 3 is 1.47 bits per heavy atom. The molecular formula is C35H37NO11. The molecule has 0 spiro atoms. The average Bonchev–Trinajstić information content (AvgIpc) is 3.10. The zero-order valence-electron chi connectivity index (χ0n) is 26.2. The lowest BCUT2D eigenvalue weighted by molar-refractivity contribution is -0.138. The van der Waals surface area contributed by atoms with Gasteiger partial charge in [-0.1, -0.05) is 27.0 Å². The fourth-order valence-electron chi connectivity index (χ4n) is 3.39. The van der Waals surface area contributed by atoms with E-state index in [0.717, 1.165) is 12.2 Å². The predicted octanol–water partition coefficient (Wildman–Crippen LogP) is 5.86. The molecule has 0 aliphatic heterocycles. The summed E-state index contributed by atoms with van der Waals surface area (Å²) in [7, 11) is 0. The summed E-state index contributed by atoms with van der Waals surface area (Å²) in [4.78, 5) is 58.8. The van der Waals surface area contributed by atoms with Gasteiger partial charge in [0.05, 0.1) is 30.9 Å². The lowest BCUT2D eigenvalue weighted by Crippen LogP contribution is -2.30. The van der Waals surface area contributed by atoms with Crippen molar-refractivity contribution in [1.29, 1.82) is 0 Å². The maximum Gasteiger partial charge on any atom is 0.412 e. The number of carbonyl (C=O) groups excluding carboxylic acids is 5. The van der Waals surface area contributed by atoms with Crippen LogP contribution in [0.2, 0.25) is 0 Å². The van der Waals surface area contributed by atoms with Crippen LogP contribution in [0.1, 0.15) is 47.4 Å². The van der Waals surface area contributed by atoms with Crippen molar-refractivity contribution in [1.82, 2.24) is 5.32 Å². The Morgan fingerprint density at radius 1 is 0.574 bits per heavy atom. The van der Waals surface area contributed by atoms with Crippen molar-refractivity contribution in [3.05, 3.63) is 109 Å². The van der Waals surface area contributed by atoms with Crippen molar-refractivity contribution in [2.75, 3.05) is 26.4 Å². The molecule has 0 saturated carbocycles. The van der Waals surface area contributed by atoms with E-state index in [1.54, 1.807) is 24.3 Å². The van der Waals surface area contributed by atoms with E-state index in [0.29, 0.717) is 30.8 Å². The number of esters is 4. The fraction of sp³-hybridized carbons (Fsp3) is 0.229. The maximum atomic E-state index is 12.5. The van der Waals surface area contributed by atoms with Gasteiger partial charge in [0.15, 0.2) is 0 Å². The fourth-order valence-corrected chi connectivity index (χ4v) is 3.39. The van der Waals surface area contributed by atoms with E-state index in [1.165, 1.54) is 48.5 Å². The summed E-state index contributed by atoms with van der Waals surface area (Å²) in [5, 5.41) is 2.41. The van der Waals surface area contributed by atoms with Gasteiger partial charge in [0.2, 0.25) is 0 Å². The Hall–Kier alpha value is -5.91. The van der Waals surface area contributed by atoms with Crippen LogP contribution < -0.4 is 24.3 Å². The van der Waals surface area contributed by atoms with Gasteiger partial charge in [-0.15, -0.1) is 0 Å². The van der Waals surface area contributed by atoms with Gasteiger partial charge < -0.3 is 33.7 Å². The van der Waals surface area contributed by atoms with Crippen molar-refractivity contribution in [3.8, 4) is 23.0 Å². The lowest BCUT2D eigenvalue weighted by Gasteiger charge is -2.09. The van der Waals surface area contributed by atoms with Crippen LogP contribution in [0.25, 0.3) is 0 Å². The summed E-state index contributed by atoms with van der Waals surface area (Å²) < 4.78 is 31.1. The van der Waals surface area contributed by atoms with Crippen molar-refractivity contribution in [2.24, 2.45) is 0 Å². The van der Waals surface area contributed by atoms with E-state index in [-0.39, 0.29) is 42.6 Å². The molecule has 12 nitrogen and oxygen atoms in total. The minimum Gasteiger partial charge on any atom is -0.494 e. The number of hydrogen-bond donors (Lipinski definition) is 1. The standard InChI is InChI=1S/C33H31NO11.C2H6/c1-3-29(35)41-21-6-5-20-40-25-11-7-23(8-12-25)31(37)43-26-15-17-27(18-16-26)44-32(38)24-9-13-28(14-10-24)45-33(39)34-19-22-42-30(36)4-2;1-2/h3-4,7-18H,1-2,5-6,19-22H2,(H,34,39);1-2H3. The molecule has 0 bridgehead atoms. The number of ether oxygens (including phenoxy) is 6. The zero-order chi connectivity index (χ0) is 34.4. The number of rotatable bonds is 16. The van der Waals surface area contributed by atoms with E-state index < -0.39 is 30.0 Å². The van der Waals surface area contributed by atoms with Crippen molar-refractivity contribution < 1.29 is 52.4 Å². The molecule has 1 N–H and O–H groups in total. The molecule has 0 fully saturated rings. The molecule has 3 aromatic carbocycles. The van der Waals surface area contributed by atoms with Crippen molar-refractivity contribution in [3.63, 3.8) is 0 Å². The molecule has 3 rings (SSSR count). The van der Waals surface area contributed by atoms with Gasteiger partial charge in [0, 0.05) is 12.2 Å². The SMILES string of the molecule is C=CC(=O)OCCCCOc1ccc(C(=O)Oc2ccc(OC(=O)c3ccc(OC(=O)NCCOC(=O)C=C)cc3)cc2)cc1.CC. The minimum atomic E-state index is -0.763. The van der Waals surface area contributed by atoms with Gasteiger partial charge in [0.25, 0.3) is 0 Å². The summed E-state index contributed by atoms with van der Waals surface area (Å²) in [6.07, 6.45) is 2.69. The highest BCUT2D eigenvalue weighted by Gasteiger charge is 2.12. The van der Waals surface area contributed by atoms with Crippen molar-refractivity contribution >= 4 is 30.0 Å². The quantitative estimate of drug-likeness (QED) is 0.0861. The summed E-state index contributed by atoms with van der Waals surface area (Å²) in [6.45, 7) is 11.3. The van der Waals surface area contributed by atoms with Crippen LogP contribution >= 0.6 is 0 Å². The minimum absolute atomic E-state index is 0.0418.